The van der Waals surface area contributed by atoms with Gasteiger partial charge in [0.1, 0.15) is 5.75 Å². The van der Waals surface area contributed by atoms with Gasteiger partial charge in [0.15, 0.2) is 0 Å². The van der Waals surface area contributed by atoms with Crippen LogP contribution in [0.4, 0.5) is 0 Å². The molecular weight excluding hydrogens is 302 g/mol. The van der Waals surface area contributed by atoms with Crippen molar-refractivity contribution in [3.8, 4) is 5.75 Å². The maximum absolute atomic E-state index is 12.7. The maximum atomic E-state index is 12.7. The molecule has 0 unspecified atom stereocenters. The molecule has 1 aromatic carbocycles. The molecule has 0 aliphatic carbocycles. The number of aromatic nitrogens is 2. The van der Waals surface area contributed by atoms with Gasteiger partial charge < -0.3 is 10.1 Å². The third-order valence-corrected chi connectivity index (χ3v) is 4.27. The normalized spacial score (nSPS) is 14.3. The van der Waals surface area contributed by atoms with Gasteiger partial charge in [-0.05, 0) is 36.7 Å². The Hall–Kier alpha value is -1.85. The molecule has 0 atom stereocenters. The molecule has 0 spiro atoms. The molecule has 0 amide bonds. The van der Waals surface area contributed by atoms with Crippen molar-refractivity contribution >= 4 is 11.6 Å². The number of benzene rings is 1. The van der Waals surface area contributed by atoms with Gasteiger partial charge in [0.25, 0.3) is 5.56 Å². The minimum absolute atomic E-state index is 0.0209. The highest BCUT2D eigenvalue weighted by atomic mass is 35.5. The number of halogens is 1. The Bertz CT molecular complexity index is 743. The monoisotopic (exact) mass is 319 g/mol. The van der Waals surface area contributed by atoms with Crippen molar-refractivity contribution in [2.75, 3.05) is 20.2 Å². The van der Waals surface area contributed by atoms with Crippen molar-refractivity contribution in [2.45, 2.75) is 19.4 Å². The highest BCUT2D eigenvalue weighted by Gasteiger charge is 2.15. The Morgan fingerprint density at radius 1 is 1.36 bits per heavy atom. The first-order valence-electron chi connectivity index (χ1n) is 7.29. The molecule has 1 aliphatic rings. The van der Waals surface area contributed by atoms with Crippen LogP contribution in [0.5, 0.6) is 5.75 Å². The quantitative estimate of drug-likeness (QED) is 0.934. The third kappa shape index (κ3) is 3.00. The van der Waals surface area contributed by atoms with Crippen LogP contribution in [0.1, 0.15) is 16.8 Å². The Morgan fingerprint density at radius 3 is 3.00 bits per heavy atom. The molecular formula is C16H18ClN3O2. The van der Waals surface area contributed by atoms with E-state index >= 15 is 0 Å². The maximum Gasteiger partial charge on any atom is 0.257 e. The van der Waals surface area contributed by atoms with Gasteiger partial charge in [0.2, 0.25) is 0 Å². The number of nitrogens with zero attached hydrogens (tertiary/aromatic N) is 2. The fourth-order valence-corrected chi connectivity index (χ4v) is 2.85. The molecule has 3 rings (SSSR count). The summed E-state index contributed by atoms with van der Waals surface area (Å²) >= 11 is 6.22. The first-order valence-corrected chi connectivity index (χ1v) is 7.67. The lowest BCUT2D eigenvalue weighted by Gasteiger charge is -2.12. The number of hydrogen-bond acceptors (Lipinski definition) is 4. The number of nitrogens with one attached hydrogen (secondary N) is 1. The molecule has 116 valence electrons. The van der Waals surface area contributed by atoms with Crippen molar-refractivity contribution in [1.82, 2.24) is 14.9 Å². The van der Waals surface area contributed by atoms with Crippen molar-refractivity contribution in [3.05, 3.63) is 56.7 Å². The van der Waals surface area contributed by atoms with E-state index in [9.17, 15) is 4.79 Å². The topological polar surface area (TPSA) is 56.2 Å². The average Bonchev–Trinajstić information content (AvgIpc) is 2.78. The van der Waals surface area contributed by atoms with E-state index in [0.29, 0.717) is 18.0 Å². The Kier molecular flexibility index (Phi) is 4.45. The molecule has 22 heavy (non-hydrogen) atoms. The van der Waals surface area contributed by atoms with E-state index in [0.717, 1.165) is 42.1 Å². The van der Waals surface area contributed by atoms with Crippen LogP contribution in [0.3, 0.4) is 0 Å². The number of rotatable bonds is 3. The number of hydrogen-bond donors (Lipinski definition) is 1. The lowest BCUT2D eigenvalue weighted by atomic mass is 10.1. The first kappa shape index (κ1) is 15.1. The highest BCUT2D eigenvalue weighted by molar-refractivity contribution is 6.31. The fraction of sp³-hybridized carbons (Fsp3) is 0.375. The zero-order chi connectivity index (χ0) is 15.5. The zero-order valence-electron chi connectivity index (χ0n) is 12.4. The van der Waals surface area contributed by atoms with E-state index in [1.165, 1.54) is 0 Å². The van der Waals surface area contributed by atoms with Crippen LogP contribution < -0.4 is 15.6 Å². The Morgan fingerprint density at radius 2 is 2.18 bits per heavy atom. The SMILES string of the molecule is COc1ccc(Cl)c(Cn2cnc3c(c2=O)CCNCC3)c1. The van der Waals surface area contributed by atoms with E-state index in [1.807, 2.05) is 6.07 Å². The number of fused-ring (bicyclic) bond motifs is 1. The molecule has 0 fully saturated rings. The molecule has 0 radical (unpaired) electrons. The lowest BCUT2D eigenvalue weighted by Crippen LogP contribution is -2.27. The minimum Gasteiger partial charge on any atom is -0.497 e. The molecule has 0 saturated carbocycles. The van der Waals surface area contributed by atoms with Crippen LogP contribution in [0.15, 0.2) is 29.3 Å². The van der Waals surface area contributed by atoms with Crippen LogP contribution in [-0.4, -0.2) is 29.8 Å². The second-order valence-corrected chi connectivity index (χ2v) is 5.72. The summed E-state index contributed by atoms with van der Waals surface area (Å²) in [5.41, 5.74) is 2.58. The summed E-state index contributed by atoms with van der Waals surface area (Å²) in [6.45, 7) is 2.07. The van der Waals surface area contributed by atoms with Gasteiger partial charge in [-0.3, -0.25) is 9.36 Å². The van der Waals surface area contributed by atoms with E-state index in [4.69, 9.17) is 16.3 Å². The van der Waals surface area contributed by atoms with E-state index in [1.54, 1.807) is 30.1 Å². The largest absolute Gasteiger partial charge is 0.497 e. The van der Waals surface area contributed by atoms with Crippen LogP contribution >= 0.6 is 11.6 Å². The number of methoxy groups -OCH3 is 1. The molecule has 1 N–H and O–H groups in total. The predicted octanol–water partition coefficient (Wildman–Crippen LogP) is 1.64. The highest BCUT2D eigenvalue weighted by Crippen LogP contribution is 2.22. The summed E-state index contributed by atoms with van der Waals surface area (Å²) in [4.78, 5) is 17.1. The van der Waals surface area contributed by atoms with Crippen molar-refractivity contribution in [3.63, 3.8) is 0 Å². The zero-order valence-corrected chi connectivity index (χ0v) is 13.2. The smallest absolute Gasteiger partial charge is 0.257 e. The minimum atomic E-state index is 0.0209. The standard InChI is InChI=1S/C16H18ClN3O2/c1-22-12-2-3-14(17)11(8-12)9-20-10-19-15-5-7-18-6-4-13(15)16(20)21/h2-3,8,10,18H,4-7,9H2,1H3. The van der Waals surface area contributed by atoms with Gasteiger partial charge in [-0.25, -0.2) is 4.98 Å². The summed E-state index contributed by atoms with van der Waals surface area (Å²) in [7, 11) is 1.61. The van der Waals surface area contributed by atoms with Crippen molar-refractivity contribution in [2.24, 2.45) is 0 Å². The summed E-state index contributed by atoms with van der Waals surface area (Å²) in [5.74, 6) is 0.722. The van der Waals surface area contributed by atoms with Gasteiger partial charge in [0, 0.05) is 23.6 Å². The predicted molar refractivity (Wildman–Crippen MR) is 85.9 cm³/mol. The molecule has 0 saturated heterocycles. The van der Waals surface area contributed by atoms with Gasteiger partial charge in [-0.1, -0.05) is 11.6 Å². The molecule has 6 heteroatoms. The van der Waals surface area contributed by atoms with E-state index < -0.39 is 0 Å². The van der Waals surface area contributed by atoms with Gasteiger partial charge in [-0.2, -0.15) is 0 Å². The third-order valence-electron chi connectivity index (χ3n) is 3.90. The van der Waals surface area contributed by atoms with Gasteiger partial charge >= 0.3 is 0 Å². The number of ether oxygens (including phenoxy) is 1. The average molecular weight is 320 g/mol. The molecule has 1 aromatic heterocycles. The molecule has 5 nitrogen and oxygen atoms in total. The summed E-state index contributed by atoms with van der Waals surface area (Å²) in [5, 5.41) is 3.90. The fourth-order valence-electron chi connectivity index (χ4n) is 2.67. The van der Waals surface area contributed by atoms with Crippen molar-refractivity contribution < 1.29 is 4.74 Å². The first-order chi connectivity index (χ1) is 10.7. The molecule has 1 aliphatic heterocycles. The Labute approximate surface area is 133 Å². The summed E-state index contributed by atoms with van der Waals surface area (Å²) in [6.07, 6.45) is 3.13. The molecule has 0 bridgehead atoms. The lowest BCUT2D eigenvalue weighted by molar-refractivity contribution is 0.414. The second-order valence-electron chi connectivity index (χ2n) is 5.31. The second kappa shape index (κ2) is 6.50. The summed E-state index contributed by atoms with van der Waals surface area (Å²) < 4.78 is 6.83. The van der Waals surface area contributed by atoms with Crippen LogP contribution in [0.2, 0.25) is 5.02 Å². The van der Waals surface area contributed by atoms with Crippen molar-refractivity contribution in [1.29, 1.82) is 0 Å². The van der Waals surface area contributed by atoms with Crippen LogP contribution in [0, 0.1) is 0 Å². The van der Waals surface area contributed by atoms with Crippen LogP contribution in [0.25, 0.3) is 0 Å². The van der Waals surface area contributed by atoms with E-state index in [2.05, 4.69) is 10.3 Å². The Balaban J connectivity index is 1.96. The molecule has 2 heterocycles. The summed E-state index contributed by atoms with van der Waals surface area (Å²) in [6, 6.07) is 5.43. The van der Waals surface area contributed by atoms with Crippen LogP contribution in [-0.2, 0) is 19.4 Å². The molecule has 2 aromatic rings. The van der Waals surface area contributed by atoms with Gasteiger partial charge in [-0.15, -0.1) is 0 Å². The van der Waals surface area contributed by atoms with Gasteiger partial charge in [0.05, 0.1) is 25.7 Å². The van der Waals surface area contributed by atoms with E-state index in [-0.39, 0.29) is 5.56 Å².